The second-order valence-electron chi connectivity index (χ2n) is 13.1. The predicted octanol–water partition coefficient (Wildman–Crippen LogP) is 4.51. The minimum absolute atomic E-state index is 0.00614. The topological polar surface area (TPSA) is 82.0 Å². The molecule has 0 aromatic carbocycles. The lowest BCUT2D eigenvalue weighted by molar-refractivity contribution is -0.224. The van der Waals surface area contributed by atoms with E-state index in [4.69, 9.17) is 9.47 Å². The van der Waals surface area contributed by atoms with E-state index in [1.165, 1.54) is 25.7 Å². The van der Waals surface area contributed by atoms with Crippen molar-refractivity contribution < 1.29 is 24.2 Å². The molecule has 5 fully saturated rings. The molecule has 1 heterocycles. The van der Waals surface area contributed by atoms with Crippen molar-refractivity contribution in [2.24, 2.45) is 46.3 Å². The zero-order valence-corrected chi connectivity index (χ0v) is 22.6. The maximum absolute atomic E-state index is 11.9. The zero-order chi connectivity index (χ0) is 24.3. The van der Waals surface area contributed by atoms with Gasteiger partial charge in [-0.2, -0.15) is 0 Å². The Morgan fingerprint density at radius 3 is 2.62 bits per heavy atom. The third-order valence-corrected chi connectivity index (χ3v) is 12.4. The molecule has 6 unspecified atom stereocenters. The number of aliphatic hydroxyl groups excluding tert-OH is 2. The standard InChI is InChI=1S/C28H48O5S/c1-17-13-19(33-25-7-5-6-12-32-25)14-18-8-9-20-22(28(17,18)3)10-11-27(2)24(30)15-21(26(20)27)23(29)16-34(4)31/h17-26,29-30H,5-16H2,1-4H3/t17-,18-,19+,20?,21-,22?,23?,24-,25?,26?,27+,28-,34?/m0/s1. The second kappa shape index (κ2) is 9.79. The lowest BCUT2D eigenvalue weighted by Gasteiger charge is -2.63. The van der Waals surface area contributed by atoms with E-state index in [1.54, 1.807) is 6.26 Å². The van der Waals surface area contributed by atoms with Crippen LogP contribution in [0.4, 0.5) is 0 Å². The second-order valence-corrected chi connectivity index (χ2v) is 14.6. The molecule has 4 saturated carbocycles. The van der Waals surface area contributed by atoms with E-state index in [1.807, 2.05) is 0 Å². The molecule has 5 rings (SSSR count). The fraction of sp³-hybridized carbons (Fsp3) is 1.00. The first-order chi connectivity index (χ1) is 16.1. The average Bonchev–Trinajstić information content (AvgIpc) is 3.06. The number of hydrogen-bond donors (Lipinski definition) is 2. The van der Waals surface area contributed by atoms with Gasteiger partial charge in [0.25, 0.3) is 0 Å². The highest BCUT2D eigenvalue weighted by atomic mass is 32.2. The number of rotatable bonds is 5. The molecule has 0 aromatic rings. The highest BCUT2D eigenvalue weighted by Gasteiger charge is 2.64. The van der Waals surface area contributed by atoms with E-state index in [-0.39, 0.29) is 29.1 Å². The Labute approximate surface area is 209 Å². The van der Waals surface area contributed by atoms with Gasteiger partial charge in [0, 0.05) is 6.61 Å². The van der Waals surface area contributed by atoms with Gasteiger partial charge in [-0.3, -0.25) is 0 Å². The maximum atomic E-state index is 11.9. The van der Waals surface area contributed by atoms with Crippen molar-refractivity contribution in [1.82, 2.24) is 0 Å². The lowest BCUT2D eigenvalue weighted by atomic mass is 9.42. The fourth-order valence-electron chi connectivity index (χ4n) is 9.72. The molecular formula is C28H48O5S. The number of ether oxygens (including phenoxy) is 2. The van der Waals surface area contributed by atoms with Crippen LogP contribution in [0.1, 0.15) is 85.0 Å². The molecule has 5 aliphatic rings. The molecule has 0 aromatic heterocycles. The van der Waals surface area contributed by atoms with Crippen molar-refractivity contribution in [3.05, 3.63) is 0 Å². The normalized spacial score (nSPS) is 52.9. The zero-order valence-electron chi connectivity index (χ0n) is 21.8. The summed E-state index contributed by atoms with van der Waals surface area (Å²) >= 11 is -1.02. The Bertz CT molecular complexity index is 713. The Hall–Kier alpha value is 0.150. The molecule has 1 aliphatic heterocycles. The van der Waals surface area contributed by atoms with Gasteiger partial charge in [-0.05, 0) is 111 Å². The van der Waals surface area contributed by atoms with Crippen LogP contribution in [0.25, 0.3) is 0 Å². The van der Waals surface area contributed by atoms with Crippen molar-refractivity contribution in [3.8, 4) is 0 Å². The van der Waals surface area contributed by atoms with Crippen molar-refractivity contribution in [1.29, 1.82) is 0 Å². The number of hydrogen-bond acceptors (Lipinski definition) is 5. The minimum atomic E-state index is -1.02. The van der Waals surface area contributed by atoms with Crippen molar-refractivity contribution in [2.45, 2.75) is 110 Å². The smallest absolute Gasteiger partial charge is 0.157 e. The van der Waals surface area contributed by atoms with Crippen LogP contribution in [0.3, 0.4) is 0 Å². The summed E-state index contributed by atoms with van der Waals surface area (Å²) in [5.41, 5.74) is 0.168. The van der Waals surface area contributed by atoms with Crippen LogP contribution in [0, 0.1) is 46.3 Å². The Kier molecular flexibility index (Phi) is 7.43. The SMILES string of the molecule is C[C@H]1C[C@@H](OC2CCCCO2)C[C@@H]2CCC3C(CC[C@@]4(C)C3[C@H](C(O)C[S+](C)[O-])C[C@@H]4O)[C@]21C. The van der Waals surface area contributed by atoms with Crippen LogP contribution >= 0.6 is 0 Å². The summed E-state index contributed by atoms with van der Waals surface area (Å²) in [6.45, 7) is 8.13. The molecule has 0 amide bonds. The molecule has 0 radical (unpaired) electrons. The first kappa shape index (κ1) is 25.8. The molecule has 2 N–H and O–H groups in total. The molecule has 4 aliphatic carbocycles. The highest BCUT2D eigenvalue weighted by Crippen LogP contribution is 2.68. The van der Waals surface area contributed by atoms with Crippen LogP contribution in [0.15, 0.2) is 0 Å². The lowest BCUT2D eigenvalue weighted by Crippen LogP contribution is -2.58. The van der Waals surface area contributed by atoms with Crippen LogP contribution < -0.4 is 0 Å². The van der Waals surface area contributed by atoms with E-state index in [9.17, 15) is 14.8 Å². The number of aliphatic hydroxyl groups is 2. The third-order valence-electron chi connectivity index (χ3n) is 11.6. The van der Waals surface area contributed by atoms with Gasteiger partial charge in [0.05, 0.1) is 18.5 Å². The van der Waals surface area contributed by atoms with E-state index in [2.05, 4.69) is 20.8 Å². The largest absolute Gasteiger partial charge is 0.616 e. The van der Waals surface area contributed by atoms with Crippen molar-refractivity contribution in [3.63, 3.8) is 0 Å². The summed E-state index contributed by atoms with van der Waals surface area (Å²) in [5.74, 6) is 3.18. The summed E-state index contributed by atoms with van der Waals surface area (Å²) in [5, 5.41) is 22.2. The molecule has 1 saturated heterocycles. The van der Waals surface area contributed by atoms with Gasteiger partial charge in [-0.1, -0.05) is 31.9 Å². The average molecular weight is 497 g/mol. The van der Waals surface area contributed by atoms with Gasteiger partial charge in [0.15, 0.2) is 6.29 Å². The summed E-state index contributed by atoms with van der Waals surface area (Å²) in [4.78, 5) is 0. The van der Waals surface area contributed by atoms with Gasteiger partial charge < -0.3 is 24.2 Å². The molecule has 34 heavy (non-hydrogen) atoms. The summed E-state index contributed by atoms with van der Waals surface area (Å²) in [6.07, 6.45) is 12.0. The van der Waals surface area contributed by atoms with Gasteiger partial charge in [-0.15, -0.1) is 0 Å². The first-order valence-electron chi connectivity index (χ1n) is 14.1. The van der Waals surface area contributed by atoms with Gasteiger partial charge in [0.1, 0.15) is 11.9 Å². The first-order valence-corrected chi connectivity index (χ1v) is 15.8. The van der Waals surface area contributed by atoms with Crippen LogP contribution in [0.5, 0.6) is 0 Å². The quantitative estimate of drug-likeness (QED) is 0.432. The van der Waals surface area contributed by atoms with E-state index >= 15 is 0 Å². The Morgan fingerprint density at radius 1 is 1.12 bits per heavy atom. The predicted molar refractivity (Wildman–Crippen MR) is 135 cm³/mol. The van der Waals surface area contributed by atoms with Crippen LogP contribution in [0.2, 0.25) is 0 Å². The fourth-order valence-corrected chi connectivity index (χ4v) is 10.5. The van der Waals surface area contributed by atoms with E-state index < -0.39 is 17.3 Å². The van der Waals surface area contributed by atoms with E-state index in [0.717, 1.165) is 38.7 Å². The molecule has 5 nitrogen and oxygen atoms in total. The van der Waals surface area contributed by atoms with Crippen LogP contribution in [-0.4, -0.2) is 58.0 Å². The van der Waals surface area contributed by atoms with Crippen molar-refractivity contribution in [2.75, 3.05) is 18.6 Å². The number of fused-ring (bicyclic) bond motifs is 5. The minimum Gasteiger partial charge on any atom is -0.616 e. The van der Waals surface area contributed by atoms with E-state index in [0.29, 0.717) is 47.9 Å². The molecule has 0 spiro atoms. The molecule has 6 heteroatoms. The maximum Gasteiger partial charge on any atom is 0.157 e. The summed E-state index contributed by atoms with van der Waals surface area (Å²) in [6, 6.07) is 0. The summed E-state index contributed by atoms with van der Waals surface area (Å²) in [7, 11) is 0. The molecular weight excluding hydrogens is 448 g/mol. The molecule has 13 atom stereocenters. The van der Waals surface area contributed by atoms with Gasteiger partial charge in [-0.25, -0.2) is 0 Å². The molecule has 196 valence electrons. The van der Waals surface area contributed by atoms with Crippen LogP contribution in [-0.2, 0) is 20.6 Å². The summed E-state index contributed by atoms with van der Waals surface area (Å²) < 4.78 is 24.3. The van der Waals surface area contributed by atoms with Crippen molar-refractivity contribution >= 4 is 11.2 Å². The third kappa shape index (κ3) is 4.30. The molecule has 0 bridgehead atoms. The highest BCUT2D eigenvalue weighted by molar-refractivity contribution is 7.90. The van der Waals surface area contributed by atoms with Gasteiger partial charge >= 0.3 is 0 Å². The Morgan fingerprint density at radius 2 is 1.91 bits per heavy atom. The Balaban J connectivity index is 1.35. The van der Waals surface area contributed by atoms with Gasteiger partial charge in [0.2, 0.25) is 0 Å². The monoisotopic (exact) mass is 496 g/mol.